The van der Waals surface area contributed by atoms with Crippen molar-refractivity contribution in [3.63, 3.8) is 0 Å². The Morgan fingerprint density at radius 2 is 1.25 bits per heavy atom. The minimum atomic E-state index is -2.97. The van der Waals surface area contributed by atoms with Gasteiger partial charge in [0.25, 0.3) is 0 Å². The van der Waals surface area contributed by atoms with Crippen LogP contribution in [0.15, 0.2) is 0 Å². The standard InChI is InChI=1S/C6H8O7.FH.Mg.Sr/c7-3(8)1-6(13,5(11)12)2-4(9)10;;;/h13H,1-2H2,(H,7,8)(H,9,10)(H,11,12);1H;;/q;;2*+2/p-4. The summed E-state index contributed by atoms with van der Waals surface area (Å²) in [5, 5.41) is 38.9. The van der Waals surface area contributed by atoms with Gasteiger partial charge in [-0.3, -0.25) is 0 Å². The van der Waals surface area contributed by atoms with Crippen LogP contribution in [0.4, 0.5) is 0 Å². The number of aliphatic carboxylic acids is 3. The molecule has 0 fully saturated rings. The second kappa shape index (κ2) is 10.7. The van der Waals surface area contributed by atoms with Crippen LogP contribution in [0.3, 0.4) is 0 Å². The van der Waals surface area contributed by atoms with Crippen molar-refractivity contribution in [2.45, 2.75) is 18.4 Å². The molecule has 10 heteroatoms. The number of hydrogen-bond donors (Lipinski definition) is 1. The van der Waals surface area contributed by atoms with Gasteiger partial charge in [0.15, 0.2) is 0 Å². The van der Waals surface area contributed by atoms with E-state index in [0.29, 0.717) is 0 Å². The Kier molecular flexibility index (Phi) is 17.0. The van der Waals surface area contributed by atoms with E-state index in [9.17, 15) is 29.7 Å². The summed E-state index contributed by atoms with van der Waals surface area (Å²) in [5.41, 5.74) is -2.97. The molecule has 0 aliphatic carbocycles. The number of carbonyl (C=O) groups excluding carboxylic acids is 3. The van der Waals surface area contributed by atoms with Crippen LogP contribution in [0.2, 0.25) is 0 Å². The van der Waals surface area contributed by atoms with Crippen molar-refractivity contribution in [2.75, 3.05) is 0 Å². The molecule has 0 saturated heterocycles. The van der Waals surface area contributed by atoms with E-state index >= 15 is 0 Å². The third-order valence-corrected chi connectivity index (χ3v) is 1.25. The summed E-state index contributed by atoms with van der Waals surface area (Å²) in [4.78, 5) is 30.0. The molecule has 0 aromatic carbocycles. The van der Waals surface area contributed by atoms with Gasteiger partial charge in [-0.25, -0.2) is 0 Å². The van der Waals surface area contributed by atoms with Gasteiger partial charge in [0.1, 0.15) is 5.60 Å². The van der Waals surface area contributed by atoms with Crippen LogP contribution in [0, 0.1) is 0 Å². The zero-order valence-electron chi connectivity index (χ0n) is 8.10. The first kappa shape index (κ1) is 25.4. The second-order valence-electron chi connectivity index (χ2n) is 2.42. The molecule has 0 aliphatic rings. The molecule has 7 nitrogen and oxygen atoms in total. The van der Waals surface area contributed by atoms with Crippen LogP contribution in [0.5, 0.6) is 0 Å². The first-order valence-electron chi connectivity index (χ1n) is 3.11. The van der Waals surface area contributed by atoms with E-state index in [-0.39, 0.29) is 73.2 Å². The van der Waals surface area contributed by atoms with Crippen LogP contribution >= 0.6 is 0 Å². The van der Waals surface area contributed by atoms with E-state index in [1.807, 2.05) is 0 Å². The van der Waals surface area contributed by atoms with Crippen molar-refractivity contribution >= 4 is 86.4 Å². The zero-order chi connectivity index (χ0) is 10.6. The zero-order valence-corrected chi connectivity index (χ0v) is 13.0. The summed E-state index contributed by atoms with van der Waals surface area (Å²) >= 11 is 0. The minimum absolute atomic E-state index is 0. The fourth-order valence-corrected chi connectivity index (χ4v) is 0.684. The predicted octanol–water partition coefficient (Wildman–Crippen LogP) is -9.01. The second-order valence-corrected chi connectivity index (χ2v) is 2.42. The Hall–Kier alpha value is 0.547. The molecule has 0 aliphatic heterocycles. The van der Waals surface area contributed by atoms with Gasteiger partial charge >= 0.3 is 68.5 Å². The van der Waals surface area contributed by atoms with Gasteiger partial charge in [-0.1, -0.05) is 0 Å². The Morgan fingerprint density at radius 1 is 1.00 bits per heavy atom. The molecule has 0 amide bonds. The number of carboxylic acid groups (broad SMARTS) is 3. The van der Waals surface area contributed by atoms with Crippen LogP contribution in [0.25, 0.3) is 0 Å². The van der Waals surface area contributed by atoms with Crippen LogP contribution in [-0.2, 0) is 14.4 Å². The normalized spacial score (nSPS) is 8.81. The van der Waals surface area contributed by atoms with Crippen LogP contribution in [-0.4, -0.2) is 97.1 Å². The largest absolute Gasteiger partial charge is 2.00 e. The summed E-state index contributed by atoms with van der Waals surface area (Å²) in [6.45, 7) is 0. The van der Waals surface area contributed by atoms with E-state index < -0.39 is 36.4 Å². The summed E-state index contributed by atoms with van der Waals surface area (Å²) < 4.78 is 0. The molecular formula is C6H5FMgO7Sr. The molecule has 0 bridgehead atoms. The predicted molar refractivity (Wildman–Crippen MR) is 40.7 cm³/mol. The smallest absolute Gasteiger partial charge is 1.00 e. The molecule has 0 saturated carbocycles. The Morgan fingerprint density at radius 3 is 1.38 bits per heavy atom. The number of hydrogen-bond acceptors (Lipinski definition) is 7. The molecule has 0 spiro atoms. The summed E-state index contributed by atoms with van der Waals surface area (Å²) in [5.74, 6) is -5.98. The summed E-state index contributed by atoms with van der Waals surface area (Å²) in [6, 6.07) is 0. The van der Waals surface area contributed by atoms with E-state index in [1.165, 1.54) is 0 Å². The molecule has 82 valence electrons. The number of carboxylic acids is 3. The summed E-state index contributed by atoms with van der Waals surface area (Å²) in [7, 11) is 0. The fraction of sp³-hybridized carbons (Fsp3) is 0.500. The number of aliphatic hydroxyl groups is 1. The molecule has 0 atom stereocenters. The number of carbonyl (C=O) groups is 3. The SMILES string of the molecule is O=C([O-])CC(O)(CC(=O)[O-])C(=O)[O-].[F-].[Mg+2].[Sr+2]. The Bertz CT molecular complexity index is 243. The maximum absolute atomic E-state index is 10.1. The van der Waals surface area contributed by atoms with Crippen molar-refractivity contribution < 1.29 is 39.5 Å². The third-order valence-electron chi connectivity index (χ3n) is 1.25. The molecule has 0 aromatic heterocycles. The van der Waals surface area contributed by atoms with Crippen molar-refractivity contribution in [1.82, 2.24) is 0 Å². The van der Waals surface area contributed by atoms with Gasteiger partial charge in [-0.15, -0.1) is 0 Å². The minimum Gasteiger partial charge on any atom is -1.00 e. The molecule has 0 aromatic rings. The van der Waals surface area contributed by atoms with E-state index in [0.717, 1.165) is 0 Å². The summed E-state index contributed by atoms with van der Waals surface area (Å²) in [6.07, 6.45) is -2.72. The number of halogens is 1. The molecular weight excluding hydrogens is 315 g/mol. The molecule has 0 rings (SSSR count). The maximum atomic E-state index is 10.1. The average Bonchev–Trinajstić information content (AvgIpc) is 1.82. The third kappa shape index (κ3) is 9.75. The van der Waals surface area contributed by atoms with Crippen LogP contribution < -0.4 is 20.0 Å². The molecule has 16 heavy (non-hydrogen) atoms. The maximum Gasteiger partial charge on any atom is 2.00 e. The molecule has 0 radical (unpaired) electrons. The Labute approximate surface area is 143 Å². The van der Waals surface area contributed by atoms with Gasteiger partial charge in [0.05, 0.1) is 5.97 Å². The van der Waals surface area contributed by atoms with Gasteiger partial charge in [-0.05, 0) is 0 Å². The topological polar surface area (TPSA) is 141 Å². The van der Waals surface area contributed by atoms with Gasteiger partial charge in [0, 0.05) is 24.8 Å². The van der Waals surface area contributed by atoms with E-state index in [1.54, 1.807) is 0 Å². The van der Waals surface area contributed by atoms with Crippen LogP contribution in [0.1, 0.15) is 12.8 Å². The van der Waals surface area contributed by atoms with Gasteiger partial charge < -0.3 is 39.5 Å². The first-order valence-corrected chi connectivity index (χ1v) is 3.11. The molecule has 0 heterocycles. The quantitative estimate of drug-likeness (QED) is 0.496. The monoisotopic (exact) mass is 320 g/mol. The number of rotatable bonds is 5. The van der Waals surface area contributed by atoms with E-state index in [4.69, 9.17) is 5.11 Å². The molecule has 0 unspecified atom stereocenters. The fourth-order valence-electron chi connectivity index (χ4n) is 0.684. The molecule has 1 N–H and O–H groups in total. The van der Waals surface area contributed by atoms with Gasteiger partial charge in [-0.2, -0.15) is 0 Å². The van der Waals surface area contributed by atoms with Crippen molar-refractivity contribution in [3.05, 3.63) is 0 Å². The first-order chi connectivity index (χ1) is 5.78. The van der Waals surface area contributed by atoms with Crippen molar-refractivity contribution in [1.29, 1.82) is 0 Å². The van der Waals surface area contributed by atoms with Crippen molar-refractivity contribution in [2.24, 2.45) is 0 Å². The Balaban J connectivity index is -0.000000240. The van der Waals surface area contributed by atoms with E-state index in [2.05, 4.69) is 0 Å². The average molecular weight is 320 g/mol. The van der Waals surface area contributed by atoms with Crippen molar-refractivity contribution in [3.8, 4) is 0 Å². The van der Waals surface area contributed by atoms with Gasteiger partial charge in [0.2, 0.25) is 0 Å².